The van der Waals surface area contributed by atoms with E-state index in [0.29, 0.717) is 44.5 Å². The van der Waals surface area contributed by atoms with Crippen LogP contribution in [0.25, 0.3) is 10.2 Å². The van der Waals surface area contributed by atoms with Crippen LogP contribution in [0.2, 0.25) is 0 Å². The number of benzene rings is 2. The number of urea groups is 1. The fraction of sp³-hybridized carbons (Fsp3) is 0.333. The Bertz CT molecular complexity index is 1250. The van der Waals surface area contributed by atoms with Crippen molar-refractivity contribution in [3.8, 4) is 5.75 Å². The summed E-state index contributed by atoms with van der Waals surface area (Å²) in [5.41, 5.74) is 4.61. The Morgan fingerprint density at radius 1 is 1.15 bits per heavy atom. The Balaban J connectivity index is 1.12. The number of amides is 4. The number of aromatic hydroxyl groups is 1. The lowest BCUT2D eigenvalue weighted by Crippen LogP contribution is -2.51. The van der Waals surface area contributed by atoms with Crippen LogP contribution in [0, 0.1) is 0 Å². The molecule has 9 nitrogen and oxygen atoms in total. The molecule has 0 atom stereocenters. The summed E-state index contributed by atoms with van der Waals surface area (Å²) in [6.07, 6.45) is 2.00. The third-order valence-corrected chi connectivity index (χ3v) is 7.27. The van der Waals surface area contributed by atoms with Crippen LogP contribution in [-0.4, -0.2) is 70.0 Å². The molecule has 1 aromatic heterocycles. The molecule has 0 radical (unpaired) electrons. The second-order valence-corrected chi connectivity index (χ2v) is 9.43. The number of rotatable bonds is 4. The van der Waals surface area contributed by atoms with Crippen molar-refractivity contribution < 1.29 is 19.5 Å². The first kappa shape index (κ1) is 22.1. The molecule has 0 unspecified atom stereocenters. The minimum atomic E-state index is -0.301. The van der Waals surface area contributed by atoms with E-state index in [0.717, 1.165) is 21.5 Å². The highest BCUT2D eigenvalue weighted by molar-refractivity contribution is 7.16. The molecule has 0 saturated carbocycles. The molecule has 3 heterocycles. The summed E-state index contributed by atoms with van der Waals surface area (Å²) < 4.78 is 1.01. The molecule has 1 saturated heterocycles. The third-order valence-electron chi connectivity index (χ3n) is 6.46. The summed E-state index contributed by atoms with van der Waals surface area (Å²) in [6, 6.07) is 10.2. The number of anilines is 1. The molecule has 2 aliphatic rings. The number of thiazole rings is 1. The average molecular weight is 480 g/mol. The van der Waals surface area contributed by atoms with E-state index < -0.39 is 0 Å². The lowest BCUT2D eigenvalue weighted by Gasteiger charge is -2.38. The fourth-order valence-corrected chi connectivity index (χ4v) is 5.24. The van der Waals surface area contributed by atoms with E-state index >= 15 is 0 Å². The van der Waals surface area contributed by atoms with Gasteiger partial charge >= 0.3 is 6.03 Å². The Morgan fingerprint density at radius 2 is 1.97 bits per heavy atom. The van der Waals surface area contributed by atoms with Crippen LogP contribution in [0.5, 0.6) is 5.75 Å². The molecular formula is C24H25N5O4S. The Labute approximate surface area is 200 Å². The maximum absolute atomic E-state index is 12.8. The summed E-state index contributed by atoms with van der Waals surface area (Å²) in [6.45, 7) is 1.55. The molecule has 3 aromatic rings. The van der Waals surface area contributed by atoms with Gasteiger partial charge in [0, 0.05) is 36.9 Å². The minimum Gasteiger partial charge on any atom is -0.508 e. The van der Waals surface area contributed by atoms with Crippen LogP contribution in [0.4, 0.5) is 10.5 Å². The number of aromatic nitrogens is 1. The fourth-order valence-electron chi connectivity index (χ4n) is 4.58. The number of carbonyl (C=O) groups excluding carboxylic acids is 3. The summed E-state index contributed by atoms with van der Waals surface area (Å²) >= 11 is 1.51. The molecule has 0 aliphatic carbocycles. The zero-order chi connectivity index (χ0) is 23.7. The first-order chi connectivity index (χ1) is 16.5. The van der Waals surface area contributed by atoms with Gasteiger partial charge in [0.2, 0.25) is 5.91 Å². The highest BCUT2D eigenvalue weighted by Gasteiger charge is 2.31. The zero-order valence-corrected chi connectivity index (χ0v) is 19.3. The van der Waals surface area contributed by atoms with Crippen molar-refractivity contribution in [2.45, 2.75) is 25.3 Å². The van der Waals surface area contributed by atoms with E-state index in [1.165, 1.54) is 11.3 Å². The minimum absolute atomic E-state index is 0.0337. The van der Waals surface area contributed by atoms with Crippen molar-refractivity contribution in [3.05, 3.63) is 53.0 Å². The molecule has 3 N–H and O–H groups in total. The highest BCUT2D eigenvalue weighted by atomic mass is 32.1. The molecule has 0 spiro atoms. The maximum atomic E-state index is 12.8. The summed E-state index contributed by atoms with van der Waals surface area (Å²) in [4.78, 5) is 45.7. The van der Waals surface area contributed by atoms with Gasteiger partial charge in [0.1, 0.15) is 5.75 Å². The quantitative estimate of drug-likeness (QED) is 0.498. The van der Waals surface area contributed by atoms with Gasteiger partial charge in [0.05, 0.1) is 22.3 Å². The van der Waals surface area contributed by atoms with Crippen molar-refractivity contribution in [1.82, 2.24) is 20.1 Å². The van der Waals surface area contributed by atoms with E-state index in [4.69, 9.17) is 0 Å². The van der Waals surface area contributed by atoms with Crippen molar-refractivity contribution in [3.63, 3.8) is 0 Å². The number of nitrogens with zero attached hydrogens (tertiary/aromatic N) is 3. The molecule has 5 rings (SSSR count). The van der Waals surface area contributed by atoms with Crippen molar-refractivity contribution >= 4 is 45.1 Å². The molecule has 0 bridgehead atoms. The number of carbonyl (C=O) groups is 3. The van der Waals surface area contributed by atoms with E-state index in [9.17, 15) is 19.5 Å². The standard InChI is InChI=1S/C24H25N5O4S/c30-18-2-3-19-15(11-18)5-10-29(24(33)27-19)17-6-8-28(9-7-17)22(31)13-25-23(32)16-1-4-21-20(12-16)26-14-34-21/h1-4,11-12,14,17,30H,5-10,13H2,(H,25,32)(H,27,33). The molecule has 2 aliphatic heterocycles. The molecule has 176 valence electrons. The predicted octanol–water partition coefficient (Wildman–Crippen LogP) is 2.81. The Morgan fingerprint density at radius 3 is 2.79 bits per heavy atom. The van der Waals surface area contributed by atoms with Gasteiger partial charge in [-0.3, -0.25) is 9.59 Å². The van der Waals surface area contributed by atoms with Gasteiger partial charge in [-0.2, -0.15) is 0 Å². The molecule has 2 aromatic carbocycles. The number of phenols is 1. The topological polar surface area (TPSA) is 115 Å². The van der Waals surface area contributed by atoms with Gasteiger partial charge in [0.25, 0.3) is 5.91 Å². The third kappa shape index (κ3) is 4.54. The van der Waals surface area contributed by atoms with Crippen LogP contribution < -0.4 is 10.6 Å². The Kier molecular flexibility index (Phi) is 6.06. The number of hydrogen-bond acceptors (Lipinski definition) is 6. The maximum Gasteiger partial charge on any atom is 0.322 e. The van der Waals surface area contributed by atoms with E-state index in [2.05, 4.69) is 15.6 Å². The van der Waals surface area contributed by atoms with E-state index in [1.54, 1.807) is 40.7 Å². The molecule has 34 heavy (non-hydrogen) atoms. The number of likely N-dealkylation sites (tertiary alicyclic amines) is 1. The van der Waals surface area contributed by atoms with Gasteiger partial charge in [0.15, 0.2) is 0 Å². The van der Waals surface area contributed by atoms with Gasteiger partial charge in [-0.15, -0.1) is 11.3 Å². The van der Waals surface area contributed by atoms with Gasteiger partial charge < -0.3 is 25.5 Å². The van der Waals surface area contributed by atoms with Crippen LogP contribution in [0.15, 0.2) is 41.9 Å². The molecule has 1 fully saturated rings. The van der Waals surface area contributed by atoms with Crippen molar-refractivity contribution in [1.29, 1.82) is 0 Å². The Hall–Kier alpha value is -3.66. The smallest absolute Gasteiger partial charge is 0.322 e. The largest absolute Gasteiger partial charge is 0.508 e. The molecule has 4 amide bonds. The monoisotopic (exact) mass is 479 g/mol. The van der Waals surface area contributed by atoms with Gasteiger partial charge in [-0.05, 0) is 61.2 Å². The van der Waals surface area contributed by atoms with Crippen LogP contribution >= 0.6 is 11.3 Å². The first-order valence-corrected chi connectivity index (χ1v) is 12.1. The number of piperidine rings is 1. The summed E-state index contributed by atoms with van der Waals surface area (Å²) in [7, 11) is 0. The lowest BCUT2D eigenvalue weighted by atomic mass is 10.0. The second kappa shape index (κ2) is 9.30. The lowest BCUT2D eigenvalue weighted by molar-refractivity contribution is -0.131. The van der Waals surface area contributed by atoms with Crippen molar-refractivity contribution in [2.75, 3.05) is 31.5 Å². The van der Waals surface area contributed by atoms with E-state index in [1.807, 2.05) is 11.0 Å². The number of nitrogens with one attached hydrogen (secondary N) is 2. The summed E-state index contributed by atoms with van der Waals surface area (Å²) in [5.74, 6) is -0.251. The highest BCUT2D eigenvalue weighted by Crippen LogP contribution is 2.27. The van der Waals surface area contributed by atoms with Crippen LogP contribution in [0.1, 0.15) is 28.8 Å². The van der Waals surface area contributed by atoms with Gasteiger partial charge in [-0.1, -0.05) is 0 Å². The predicted molar refractivity (Wildman–Crippen MR) is 129 cm³/mol. The molecular weight excluding hydrogens is 454 g/mol. The zero-order valence-electron chi connectivity index (χ0n) is 18.5. The number of phenolic OH excluding ortho intramolecular Hbond substituents is 1. The van der Waals surface area contributed by atoms with Crippen LogP contribution in [0.3, 0.4) is 0 Å². The number of hydrogen-bond donors (Lipinski definition) is 3. The number of fused-ring (bicyclic) bond motifs is 2. The molecule has 10 heteroatoms. The van der Waals surface area contributed by atoms with E-state index in [-0.39, 0.29) is 36.2 Å². The van der Waals surface area contributed by atoms with Gasteiger partial charge in [-0.25, -0.2) is 9.78 Å². The average Bonchev–Trinajstić information content (AvgIpc) is 3.25. The SMILES string of the molecule is O=C(NCC(=O)N1CCC(N2CCc3cc(O)ccc3NC2=O)CC1)c1ccc2scnc2c1. The van der Waals surface area contributed by atoms with Crippen LogP contribution in [-0.2, 0) is 11.2 Å². The first-order valence-electron chi connectivity index (χ1n) is 11.3. The second-order valence-electron chi connectivity index (χ2n) is 8.54. The normalized spacial score (nSPS) is 16.6. The summed E-state index contributed by atoms with van der Waals surface area (Å²) in [5, 5.41) is 15.4. The van der Waals surface area contributed by atoms with Crippen molar-refractivity contribution in [2.24, 2.45) is 0 Å².